The molecule has 0 aromatic heterocycles. The maximum atomic E-state index is 5.97. The van der Waals surface area contributed by atoms with Crippen molar-refractivity contribution in [2.24, 2.45) is 5.73 Å². The molecule has 0 aliphatic carbocycles. The average molecular weight is 328 g/mol. The number of thioether (sulfide) groups is 1. The molecule has 0 spiro atoms. The Hall–Kier alpha value is -0.420. The van der Waals surface area contributed by atoms with Gasteiger partial charge < -0.3 is 10.6 Å². The molecular formula is C16H26ClN3S. The molecule has 1 fully saturated rings. The zero-order valence-electron chi connectivity index (χ0n) is 12.8. The molecule has 0 bridgehead atoms. The van der Waals surface area contributed by atoms with Crippen LogP contribution in [0.5, 0.6) is 0 Å². The summed E-state index contributed by atoms with van der Waals surface area (Å²) in [6.45, 7) is 7.32. The topological polar surface area (TPSA) is 32.5 Å². The summed E-state index contributed by atoms with van der Waals surface area (Å²) >= 11 is 7.96. The molecule has 2 rings (SSSR count). The third kappa shape index (κ3) is 5.06. The van der Waals surface area contributed by atoms with Gasteiger partial charge in [0.25, 0.3) is 0 Å². The van der Waals surface area contributed by atoms with E-state index < -0.39 is 0 Å². The molecule has 5 heteroatoms. The van der Waals surface area contributed by atoms with Crippen molar-refractivity contribution in [2.45, 2.75) is 19.4 Å². The third-order valence-electron chi connectivity index (χ3n) is 4.09. The van der Waals surface area contributed by atoms with Gasteiger partial charge in [-0.25, -0.2) is 0 Å². The molecule has 2 N–H and O–H groups in total. The summed E-state index contributed by atoms with van der Waals surface area (Å²) in [5.41, 5.74) is 7.24. The number of piperazine rings is 1. The smallest absolute Gasteiger partial charge is 0.0407 e. The van der Waals surface area contributed by atoms with Crippen LogP contribution < -0.4 is 10.6 Å². The quantitative estimate of drug-likeness (QED) is 0.780. The van der Waals surface area contributed by atoms with Gasteiger partial charge in [0.1, 0.15) is 0 Å². The monoisotopic (exact) mass is 327 g/mol. The van der Waals surface area contributed by atoms with E-state index in [4.69, 9.17) is 17.3 Å². The fraction of sp³-hybridized carbons (Fsp3) is 0.625. The van der Waals surface area contributed by atoms with Gasteiger partial charge in [0, 0.05) is 49.5 Å². The lowest BCUT2D eigenvalue weighted by Gasteiger charge is -2.40. The largest absolute Gasteiger partial charge is 0.369 e. The van der Waals surface area contributed by atoms with Crippen molar-refractivity contribution < 1.29 is 0 Å². The fourth-order valence-corrected chi connectivity index (χ4v) is 3.66. The molecule has 1 aromatic carbocycles. The highest BCUT2D eigenvalue weighted by Gasteiger charge is 2.22. The molecule has 21 heavy (non-hydrogen) atoms. The predicted octanol–water partition coefficient (Wildman–Crippen LogP) is 2.93. The van der Waals surface area contributed by atoms with Gasteiger partial charge >= 0.3 is 0 Å². The lowest BCUT2D eigenvalue weighted by molar-refractivity contribution is 0.185. The Morgan fingerprint density at radius 2 is 1.86 bits per heavy atom. The second-order valence-corrected chi connectivity index (χ2v) is 7.20. The molecule has 1 heterocycles. The number of hydrogen-bond donors (Lipinski definition) is 1. The molecule has 118 valence electrons. The van der Waals surface area contributed by atoms with E-state index >= 15 is 0 Å². The van der Waals surface area contributed by atoms with Gasteiger partial charge in [0.05, 0.1) is 0 Å². The van der Waals surface area contributed by atoms with Gasteiger partial charge in [-0.15, -0.1) is 0 Å². The highest BCUT2D eigenvalue weighted by molar-refractivity contribution is 7.99. The second-order valence-electron chi connectivity index (χ2n) is 5.37. The number of halogens is 1. The van der Waals surface area contributed by atoms with Gasteiger partial charge in [0.2, 0.25) is 0 Å². The molecule has 1 aliphatic heterocycles. The van der Waals surface area contributed by atoms with E-state index in [1.807, 2.05) is 23.9 Å². The summed E-state index contributed by atoms with van der Waals surface area (Å²) < 4.78 is 0. The fourth-order valence-electron chi connectivity index (χ4n) is 2.81. The zero-order valence-corrected chi connectivity index (χ0v) is 14.4. The molecule has 1 saturated heterocycles. The van der Waals surface area contributed by atoms with Crippen molar-refractivity contribution >= 4 is 29.1 Å². The minimum Gasteiger partial charge on any atom is -0.369 e. The van der Waals surface area contributed by atoms with Crippen LogP contribution in [0.1, 0.15) is 13.3 Å². The van der Waals surface area contributed by atoms with Gasteiger partial charge in [-0.2, -0.15) is 11.8 Å². The molecule has 3 nitrogen and oxygen atoms in total. The van der Waals surface area contributed by atoms with Crippen LogP contribution in [-0.4, -0.2) is 55.2 Å². The van der Waals surface area contributed by atoms with Crippen LogP contribution in [0.15, 0.2) is 24.3 Å². The van der Waals surface area contributed by atoms with Gasteiger partial charge in [-0.3, -0.25) is 4.90 Å². The first-order chi connectivity index (χ1) is 10.2. The highest BCUT2D eigenvalue weighted by Crippen LogP contribution is 2.20. The van der Waals surface area contributed by atoms with Crippen LogP contribution in [0, 0.1) is 0 Å². The van der Waals surface area contributed by atoms with Crippen molar-refractivity contribution in [1.29, 1.82) is 0 Å². The van der Waals surface area contributed by atoms with Crippen LogP contribution in [0.3, 0.4) is 0 Å². The van der Waals surface area contributed by atoms with E-state index in [1.165, 1.54) is 23.6 Å². The van der Waals surface area contributed by atoms with Gasteiger partial charge in [-0.05, 0) is 42.2 Å². The van der Waals surface area contributed by atoms with E-state index in [9.17, 15) is 0 Å². The van der Waals surface area contributed by atoms with Crippen molar-refractivity contribution in [2.75, 3.05) is 49.1 Å². The van der Waals surface area contributed by atoms with Crippen molar-refractivity contribution in [3.8, 4) is 0 Å². The average Bonchev–Trinajstić information content (AvgIpc) is 2.53. The molecule has 1 aromatic rings. The van der Waals surface area contributed by atoms with E-state index in [1.54, 1.807) is 0 Å². The number of nitrogens with two attached hydrogens (primary N) is 1. The van der Waals surface area contributed by atoms with Crippen LogP contribution in [0.4, 0.5) is 5.69 Å². The Bertz CT molecular complexity index is 404. The molecule has 0 radical (unpaired) electrons. The van der Waals surface area contributed by atoms with Crippen LogP contribution in [0.25, 0.3) is 0 Å². The highest BCUT2D eigenvalue weighted by atomic mass is 35.5. The number of benzene rings is 1. The van der Waals surface area contributed by atoms with Gasteiger partial charge in [-0.1, -0.05) is 18.5 Å². The van der Waals surface area contributed by atoms with Crippen LogP contribution in [-0.2, 0) is 0 Å². The molecule has 0 amide bonds. The molecule has 0 saturated carbocycles. The molecule has 1 aliphatic rings. The Labute approximate surface area is 137 Å². The Kier molecular flexibility index (Phi) is 7.17. The first-order valence-electron chi connectivity index (χ1n) is 7.77. The third-order valence-corrected chi connectivity index (χ3v) is 5.28. The van der Waals surface area contributed by atoms with Crippen LogP contribution >= 0.6 is 23.4 Å². The van der Waals surface area contributed by atoms with E-state index in [0.29, 0.717) is 6.04 Å². The minimum absolute atomic E-state index is 0.538. The summed E-state index contributed by atoms with van der Waals surface area (Å²) in [4.78, 5) is 4.99. The standard InChI is InChI=1S/C16H26ClN3S/c1-2-21-12-7-16(13-18)20-10-8-19(9-11-20)15-5-3-14(17)4-6-15/h3-6,16H,2,7-13,18H2,1H3. The summed E-state index contributed by atoms with van der Waals surface area (Å²) in [6.07, 6.45) is 1.20. The lowest BCUT2D eigenvalue weighted by atomic mass is 10.1. The molecule has 1 unspecified atom stereocenters. The number of rotatable bonds is 7. The first-order valence-corrected chi connectivity index (χ1v) is 9.30. The molecule has 1 atom stereocenters. The number of hydrogen-bond acceptors (Lipinski definition) is 4. The Balaban J connectivity index is 1.82. The van der Waals surface area contributed by atoms with Crippen molar-refractivity contribution in [3.63, 3.8) is 0 Å². The maximum Gasteiger partial charge on any atom is 0.0407 e. The first kappa shape index (κ1) is 16.9. The number of anilines is 1. The number of nitrogens with zero attached hydrogens (tertiary/aromatic N) is 2. The van der Waals surface area contributed by atoms with Crippen molar-refractivity contribution in [1.82, 2.24) is 4.90 Å². The Morgan fingerprint density at radius 3 is 2.43 bits per heavy atom. The van der Waals surface area contributed by atoms with E-state index in [-0.39, 0.29) is 0 Å². The Morgan fingerprint density at radius 1 is 1.19 bits per heavy atom. The zero-order chi connectivity index (χ0) is 15.1. The van der Waals surface area contributed by atoms with E-state index in [2.05, 4.69) is 28.9 Å². The summed E-state index contributed by atoms with van der Waals surface area (Å²) in [7, 11) is 0. The van der Waals surface area contributed by atoms with Crippen molar-refractivity contribution in [3.05, 3.63) is 29.3 Å². The van der Waals surface area contributed by atoms with Crippen LogP contribution in [0.2, 0.25) is 5.02 Å². The maximum absolute atomic E-state index is 5.97. The molecular weight excluding hydrogens is 302 g/mol. The predicted molar refractivity (Wildman–Crippen MR) is 95.7 cm³/mol. The summed E-state index contributed by atoms with van der Waals surface area (Å²) in [6, 6.07) is 8.69. The SMILES string of the molecule is CCSCCC(CN)N1CCN(c2ccc(Cl)cc2)CC1. The summed E-state index contributed by atoms with van der Waals surface area (Å²) in [5.74, 6) is 2.41. The minimum atomic E-state index is 0.538. The summed E-state index contributed by atoms with van der Waals surface area (Å²) in [5, 5.41) is 0.800. The normalized spacial score (nSPS) is 18.0. The second kappa shape index (κ2) is 8.89. The van der Waals surface area contributed by atoms with E-state index in [0.717, 1.165) is 37.7 Å². The lowest BCUT2D eigenvalue weighted by Crippen LogP contribution is -2.52. The van der Waals surface area contributed by atoms with Gasteiger partial charge in [0.15, 0.2) is 0 Å².